The molecule has 0 aliphatic heterocycles. The van der Waals surface area contributed by atoms with Crippen molar-refractivity contribution in [2.24, 2.45) is 0 Å². The van der Waals surface area contributed by atoms with Crippen molar-refractivity contribution < 1.29 is 24.3 Å². The van der Waals surface area contributed by atoms with E-state index in [0.29, 0.717) is 49.9 Å². The van der Waals surface area contributed by atoms with Crippen molar-refractivity contribution in [3.8, 4) is 5.75 Å². The van der Waals surface area contributed by atoms with Gasteiger partial charge in [-0.15, -0.1) is 20.4 Å². The van der Waals surface area contributed by atoms with E-state index in [9.17, 15) is 24.3 Å². The van der Waals surface area contributed by atoms with Gasteiger partial charge in [0.1, 0.15) is 28.9 Å². The lowest BCUT2D eigenvalue weighted by Crippen LogP contribution is -2.01. The first-order valence-corrected chi connectivity index (χ1v) is 22.6. The van der Waals surface area contributed by atoms with Crippen LogP contribution in [0.5, 0.6) is 5.75 Å². The third-order valence-electron chi connectivity index (χ3n) is 10.7. The quantitative estimate of drug-likeness (QED) is 0.0765. The smallest absolute Gasteiger partial charge is 0.130 e. The summed E-state index contributed by atoms with van der Waals surface area (Å²) in [5.41, 5.74) is 5.25. The van der Waals surface area contributed by atoms with E-state index in [1.165, 1.54) is 38.5 Å². The van der Waals surface area contributed by atoms with Gasteiger partial charge in [-0.25, -0.2) is 0 Å². The van der Waals surface area contributed by atoms with Crippen LogP contribution in [0, 0.1) is 0 Å². The Kier molecular flexibility index (Phi) is 21.1. The Morgan fingerprint density at radius 1 is 0.556 bits per heavy atom. The van der Waals surface area contributed by atoms with E-state index in [-0.39, 0.29) is 28.9 Å². The van der Waals surface area contributed by atoms with Crippen molar-refractivity contribution in [1.82, 2.24) is 60.0 Å². The molecule has 17 heteroatoms. The molecule has 63 heavy (non-hydrogen) atoms. The maximum Gasteiger partial charge on any atom is 0.130 e. The van der Waals surface area contributed by atoms with Crippen LogP contribution >= 0.6 is 0 Å². The van der Waals surface area contributed by atoms with Crippen LogP contribution in [0.4, 0.5) is 0 Å². The zero-order chi connectivity index (χ0) is 45.6. The molecule has 4 aromatic heterocycles. The number of nitrogens with zero attached hydrogens (tertiary/aromatic N) is 12. The zero-order valence-corrected chi connectivity index (χ0v) is 38.2. The molecule has 5 aromatic rings. The minimum absolute atomic E-state index is 0.165. The fourth-order valence-corrected chi connectivity index (χ4v) is 6.75. The topological polar surface area (TPSA) is 211 Å². The van der Waals surface area contributed by atoms with Gasteiger partial charge in [0.25, 0.3) is 0 Å². The Hall–Kier alpha value is -5.74. The second kappa shape index (κ2) is 26.7. The fraction of sp³-hybridized carbons (Fsp3) is 0.609. The van der Waals surface area contributed by atoms with Crippen LogP contribution in [0.15, 0.2) is 49.1 Å². The Bertz CT molecular complexity index is 2070. The predicted octanol–water partition coefficient (Wildman–Crippen LogP) is 7.35. The number of rotatable bonds is 21. The molecular weight excluding hydrogens is 801 g/mol. The third-order valence-corrected chi connectivity index (χ3v) is 10.7. The van der Waals surface area contributed by atoms with Crippen LogP contribution in [0.2, 0.25) is 0 Å². The Balaban J connectivity index is 0.000000186. The first kappa shape index (κ1) is 49.9. The average Bonchev–Trinajstić information content (AvgIpc) is 3.87. The van der Waals surface area contributed by atoms with Gasteiger partial charge in [0.2, 0.25) is 0 Å². The SMILES string of the molecule is CC(=O)CCCn1cc(C(C)C)nn1.CC(=O)CCCn1cc(C2CC2)nn1.CC(=O)CCCn1cc(C2CCCC2)nn1.CC(=O)CCc1cn(CCc2ccc(O)cc2)nn1. The molecule has 4 heterocycles. The van der Waals surface area contributed by atoms with Crippen molar-refractivity contribution in [3.05, 3.63) is 77.4 Å². The number of aromatic nitrogens is 12. The summed E-state index contributed by atoms with van der Waals surface area (Å²) in [5.74, 6) is 2.86. The molecule has 0 radical (unpaired) electrons. The summed E-state index contributed by atoms with van der Waals surface area (Å²) in [6.45, 7) is 13.7. The van der Waals surface area contributed by atoms with Crippen LogP contribution < -0.4 is 0 Å². The molecule has 0 amide bonds. The molecule has 0 unspecified atom stereocenters. The van der Waals surface area contributed by atoms with Crippen LogP contribution in [0.1, 0.15) is 171 Å². The van der Waals surface area contributed by atoms with Crippen LogP contribution in [0.25, 0.3) is 0 Å². The number of carbonyl (C=O) groups excluding carboxylic acids is 4. The number of phenolic OH excluding ortho intramolecular Hbond substituents is 1. The van der Waals surface area contributed by atoms with E-state index in [4.69, 9.17) is 0 Å². The lowest BCUT2D eigenvalue weighted by atomic mass is 10.1. The summed E-state index contributed by atoms with van der Waals surface area (Å²) in [6.07, 6.45) is 22.0. The van der Waals surface area contributed by atoms with Crippen molar-refractivity contribution >= 4 is 23.1 Å². The second-order valence-electron chi connectivity index (χ2n) is 17.1. The molecule has 17 nitrogen and oxygen atoms in total. The monoisotopic (exact) mass is 869 g/mol. The number of ketones is 4. The first-order chi connectivity index (χ1) is 30.2. The van der Waals surface area contributed by atoms with E-state index < -0.39 is 0 Å². The fourth-order valence-electron chi connectivity index (χ4n) is 6.75. The van der Waals surface area contributed by atoms with Crippen molar-refractivity contribution in [2.45, 2.75) is 182 Å². The third kappa shape index (κ3) is 20.3. The summed E-state index contributed by atoms with van der Waals surface area (Å²) in [5, 5.41) is 41.8. The molecule has 1 N–H and O–H groups in total. The molecular formula is C46H68N12O5. The molecule has 0 bridgehead atoms. The number of hydrogen-bond donors (Lipinski definition) is 1. The maximum atomic E-state index is 10.9. The van der Waals surface area contributed by atoms with Gasteiger partial charge in [-0.1, -0.05) is 59.7 Å². The Morgan fingerprint density at radius 3 is 1.46 bits per heavy atom. The molecule has 342 valence electrons. The van der Waals surface area contributed by atoms with Gasteiger partial charge in [-0.3, -0.25) is 18.7 Å². The van der Waals surface area contributed by atoms with Gasteiger partial charge in [-0.2, -0.15) is 0 Å². The van der Waals surface area contributed by atoms with E-state index in [2.05, 4.69) is 61.3 Å². The van der Waals surface area contributed by atoms with Gasteiger partial charge >= 0.3 is 0 Å². The maximum absolute atomic E-state index is 10.9. The molecule has 2 aliphatic carbocycles. The molecule has 0 spiro atoms. The molecule has 2 aliphatic rings. The van der Waals surface area contributed by atoms with Gasteiger partial charge in [0.05, 0.1) is 22.8 Å². The molecule has 7 rings (SSSR count). The van der Waals surface area contributed by atoms with Gasteiger partial charge < -0.3 is 24.3 Å². The van der Waals surface area contributed by atoms with Crippen LogP contribution in [-0.4, -0.2) is 88.2 Å². The summed E-state index contributed by atoms with van der Waals surface area (Å²) < 4.78 is 7.30. The Labute approximate surface area is 371 Å². The highest BCUT2D eigenvalue weighted by atomic mass is 16.3. The Morgan fingerprint density at radius 2 is 1.00 bits per heavy atom. The normalized spacial score (nSPS) is 13.4. The molecule has 2 saturated carbocycles. The van der Waals surface area contributed by atoms with E-state index in [1.54, 1.807) is 49.2 Å². The standard InChI is InChI=1S/C14H17N3O2.C12H19N3O.C10H15N3O.C10H17N3O/c1-11(18)2-5-13-10-17(16-15-13)9-8-12-3-6-14(19)7-4-12;1-10(16)5-4-8-15-9-12(13-14-15)11-6-2-3-7-11;1-8(14)3-2-6-13-7-10(11-12-13)9-4-5-9;1-8(2)10-7-13(12-11-10)6-4-5-9(3)14/h3-4,6-7,10,19H,2,5,8-9H2,1H3;9,11H,2-8H2,1H3;7,9H,2-6H2,1H3;7-8H,4-6H2,1-3H3. The number of aryl methyl sites for hydroxylation is 6. The molecule has 0 saturated heterocycles. The number of aromatic hydroxyl groups is 1. The van der Waals surface area contributed by atoms with Crippen molar-refractivity contribution in [3.63, 3.8) is 0 Å². The average molecular weight is 869 g/mol. The summed E-state index contributed by atoms with van der Waals surface area (Å²) in [7, 11) is 0. The number of Topliss-reactive ketones (excluding diaryl/α,β-unsaturated/α-hetero) is 4. The summed E-state index contributed by atoms with van der Waals surface area (Å²) in [6, 6.07) is 7.13. The second-order valence-corrected chi connectivity index (χ2v) is 17.1. The number of phenols is 1. The largest absolute Gasteiger partial charge is 0.508 e. The lowest BCUT2D eigenvalue weighted by molar-refractivity contribution is -0.118. The highest BCUT2D eigenvalue weighted by Gasteiger charge is 2.26. The number of carbonyl (C=O) groups is 4. The minimum Gasteiger partial charge on any atom is -0.508 e. The van der Waals surface area contributed by atoms with E-state index in [0.717, 1.165) is 80.2 Å². The highest BCUT2D eigenvalue weighted by molar-refractivity contribution is 5.76. The lowest BCUT2D eigenvalue weighted by Gasteiger charge is -2.02. The van der Waals surface area contributed by atoms with Crippen molar-refractivity contribution in [1.29, 1.82) is 0 Å². The van der Waals surface area contributed by atoms with Gasteiger partial charge in [-0.05, 0) is 109 Å². The van der Waals surface area contributed by atoms with Gasteiger partial charge in [0.15, 0.2) is 0 Å². The van der Waals surface area contributed by atoms with E-state index >= 15 is 0 Å². The van der Waals surface area contributed by atoms with Gasteiger partial charge in [0, 0.05) is 88.5 Å². The molecule has 1 aromatic carbocycles. The van der Waals surface area contributed by atoms with Crippen LogP contribution in [-0.2, 0) is 58.2 Å². The molecule has 2 fully saturated rings. The number of benzene rings is 1. The predicted molar refractivity (Wildman–Crippen MR) is 238 cm³/mol. The van der Waals surface area contributed by atoms with E-state index in [1.807, 2.05) is 40.1 Å². The summed E-state index contributed by atoms with van der Waals surface area (Å²) in [4.78, 5) is 43.1. The zero-order valence-electron chi connectivity index (χ0n) is 38.2. The van der Waals surface area contributed by atoms with Crippen LogP contribution in [0.3, 0.4) is 0 Å². The van der Waals surface area contributed by atoms with Crippen molar-refractivity contribution in [2.75, 3.05) is 0 Å². The highest BCUT2D eigenvalue weighted by Crippen LogP contribution is 2.38. The number of hydrogen-bond acceptors (Lipinski definition) is 13. The molecule has 0 atom stereocenters. The first-order valence-electron chi connectivity index (χ1n) is 22.6. The minimum atomic E-state index is 0.165. The summed E-state index contributed by atoms with van der Waals surface area (Å²) >= 11 is 0.